The smallest absolute Gasteiger partial charge is 0.418 e. The maximum absolute atomic E-state index is 13.3. The lowest BCUT2D eigenvalue weighted by molar-refractivity contribution is -0.136. The molecule has 7 nitrogen and oxygen atoms in total. The first-order valence-electron chi connectivity index (χ1n) is 9.24. The molecule has 1 heterocycles. The van der Waals surface area contributed by atoms with Gasteiger partial charge in [0.05, 0.1) is 30.3 Å². The van der Waals surface area contributed by atoms with Gasteiger partial charge in [0.15, 0.2) is 0 Å². The first-order valence-corrected chi connectivity index (χ1v) is 11.1. The van der Waals surface area contributed by atoms with E-state index < -0.39 is 27.9 Å². The Morgan fingerprint density at radius 3 is 2.31 bits per heavy atom. The van der Waals surface area contributed by atoms with Crippen molar-refractivity contribution in [2.24, 2.45) is 0 Å². The molecular weight excluding hydrogens is 449 g/mol. The van der Waals surface area contributed by atoms with Crippen molar-refractivity contribution in [1.29, 1.82) is 0 Å². The largest absolute Gasteiger partial charge is 0.467 e. The van der Waals surface area contributed by atoms with Crippen LogP contribution in [-0.2, 0) is 29.4 Å². The van der Waals surface area contributed by atoms with E-state index in [9.17, 15) is 26.4 Å². The molecule has 2 aromatic carbocycles. The number of amides is 2. The van der Waals surface area contributed by atoms with Crippen LogP contribution < -0.4 is 9.50 Å². The molecule has 0 aliphatic carbocycles. The molecule has 0 atom stereocenters. The van der Waals surface area contributed by atoms with Crippen LogP contribution in [0.5, 0.6) is 5.75 Å². The molecule has 0 saturated heterocycles. The molecule has 0 unspecified atom stereocenters. The van der Waals surface area contributed by atoms with Crippen LogP contribution in [0.3, 0.4) is 0 Å². The molecule has 0 spiro atoms. The summed E-state index contributed by atoms with van der Waals surface area (Å²) in [6, 6.07) is 13.1. The number of nitrogens with zero attached hydrogens (tertiary/aromatic N) is 1. The second kappa shape index (κ2) is 9.35. The van der Waals surface area contributed by atoms with Crippen molar-refractivity contribution >= 4 is 21.8 Å². The minimum Gasteiger partial charge on any atom is -0.467 e. The number of anilines is 1. The number of rotatable bonds is 7. The van der Waals surface area contributed by atoms with Crippen molar-refractivity contribution in [3.8, 4) is 5.75 Å². The van der Waals surface area contributed by atoms with E-state index in [0.717, 1.165) is 12.3 Å². The molecule has 0 saturated carbocycles. The van der Waals surface area contributed by atoms with Crippen LogP contribution in [0.25, 0.3) is 0 Å². The number of urea groups is 1. The summed E-state index contributed by atoms with van der Waals surface area (Å²) in [6.45, 7) is 0.00841. The number of furan rings is 1. The quantitative estimate of drug-likeness (QED) is 0.500. The maximum atomic E-state index is 13.3. The first-order chi connectivity index (χ1) is 15.0. The third kappa shape index (κ3) is 6.51. The van der Waals surface area contributed by atoms with Gasteiger partial charge in [-0.3, -0.25) is 0 Å². The van der Waals surface area contributed by atoms with Gasteiger partial charge in [0.2, 0.25) is 0 Å². The third-order valence-corrected chi connectivity index (χ3v) is 4.73. The summed E-state index contributed by atoms with van der Waals surface area (Å²) < 4.78 is 72.3. The highest BCUT2D eigenvalue weighted by Crippen LogP contribution is 2.34. The Labute approximate surface area is 182 Å². The Bertz CT molecular complexity index is 1160. The van der Waals surface area contributed by atoms with Crippen LogP contribution in [0.4, 0.5) is 23.7 Å². The number of alkyl halides is 3. The number of halogens is 3. The molecule has 170 valence electrons. The highest BCUT2D eigenvalue weighted by molar-refractivity contribution is 7.86. The van der Waals surface area contributed by atoms with Crippen LogP contribution in [-0.4, -0.2) is 25.6 Å². The van der Waals surface area contributed by atoms with Crippen LogP contribution in [0.2, 0.25) is 0 Å². The molecule has 32 heavy (non-hydrogen) atoms. The summed E-state index contributed by atoms with van der Waals surface area (Å²) in [5.74, 6) is 0.527. The molecule has 2 amide bonds. The molecular formula is C21H19F3N2O5S. The topological polar surface area (TPSA) is 88.9 Å². The molecule has 0 fully saturated rings. The zero-order chi connectivity index (χ0) is 23.4. The fourth-order valence-electron chi connectivity index (χ4n) is 2.87. The van der Waals surface area contributed by atoms with Crippen molar-refractivity contribution < 1.29 is 35.0 Å². The lowest BCUT2D eigenvalue weighted by Crippen LogP contribution is -2.34. The van der Waals surface area contributed by atoms with Crippen molar-refractivity contribution in [1.82, 2.24) is 4.90 Å². The fourth-order valence-corrected chi connectivity index (χ4v) is 3.33. The summed E-state index contributed by atoms with van der Waals surface area (Å²) in [7, 11) is -3.69. The average Bonchev–Trinajstić information content (AvgIpc) is 3.20. The first kappa shape index (κ1) is 23.2. The van der Waals surface area contributed by atoms with Crippen LogP contribution in [0.15, 0.2) is 71.3 Å². The summed E-state index contributed by atoms with van der Waals surface area (Å²) in [4.78, 5) is 14.1. The van der Waals surface area contributed by atoms with Crippen molar-refractivity contribution in [3.05, 3.63) is 83.8 Å². The molecule has 0 aliphatic heterocycles. The zero-order valence-electron chi connectivity index (χ0n) is 16.8. The van der Waals surface area contributed by atoms with E-state index >= 15 is 0 Å². The Hall–Kier alpha value is -3.47. The van der Waals surface area contributed by atoms with Crippen molar-refractivity contribution in [3.63, 3.8) is 0 Å². The Kier molecular flexibility index (Phi) is 6.78. The maximum Gasteiger partial charge on any atom is 0.418 e. The SMILES string of the molecule is CS(=O)(=O)Oc1ccc(CN(Cc2ccco2)C(=O)Nc2ccccc2C(F)(F)F)cc1. The molecule has 3 rings (SSSR count). The molecule has 11 heteroatoms. The number of nitrogens with one attached hydrogen (secondary N) is 1. The van der Waals surface area contributed by atoms with Gasteiger partial charge < -0.3 is 18.8 Å². The molecule has 0 bridgehead atoms. The van der Waals surface area contributed by atoms with Gasteiger partial charge in [0.1, 0.15) is 11.5 Å². The normalized spacial score (nSPS) is 11.8. The van der Waals surface area contributed by atoms with Crippen LogP contribution in [0, 0.1) is 0 Å². The van der Waals surface area contributed by atoms with E-state index in [1.165, 1.54) is 41.5 Å². The van der Waals surface area contributed by atoms with Crippen molar-refractivity contribution in [2.45, 2.75) is 19.3 Å². The van der Waals surface area contributed by atoms with E-state index in [4.69, 9.17) is 8.60 Å². The number of carbonyl (C=O) groups excluding carboxylic acids is 1. The number of para-hydroxylation sites is 1. The van der Waals surface area contributed by atoms with Gasteiger partial charge >= 0.3 is 22.3 Å². The predicted molar refractivity (Wildman–Crippen MR) is 110 cm³/mol. The van der Waals surface area contributed by atoms with E-state index in [2.05, 4.69) is 5.32 Å². The Balaban J connectivity index is 1.81. The lowest BCUT2D eigenvalue weighted by atomic mass is 10.1. The summed E-state index contributed by atoms with van der Waals surface area (Å²) in [5.41, 5.74) is -0.739. The van der Waals surface area contributed by atoms with Gasteiger partial charge in [-0.1, -0.05) is 24.3 Å². The van der Waals surface area contributed by atoms with Crippen molar-refractivity contribution in [2.75, 3.05) is 11.6 Å². The number of benzene rings is 2. The minimum absolute atomic E-state index is 0.00535. The highest BCUT2D eigenvalue weighted by atomic mass is 32.2. The number of hydrogen-bond donors (Lipinski definition) is 1. The Morgan fingerprint density at radius 1 is 1.03 bits per heavy atom. The standard InChI is InChI=1S/C21H19F3N2O5S/c1-32(28,29)31-16-10-8-15(9-11-16)13-26(14-17-5-4-12-30-17)20(27)25-19-7-3-2-6-18(19)21(22,23)24/h2-12H,13-14H2,1H3,(H,25,27). The van der Waals surface area contributed by atoms with Gasteiger partial charge in [-0.2, -0.15) is 21.6 Å². The Morgan fingerprint density at radius 2 is 1.72 bits per heavy atom. The average molecular weight is 468 g/mol. The molecule has 1 aromatic heterocycles. The zero-order valence-corrected chi connectivity index (χ0v) is 17.6. The number of hydrogen-bond acceptors (Lipinski definition) is 5. The monoisotopic (exact) mass is 468 g/mol. The van der Waals surface area contributed by atoms with E-state index in [0.29, 0.717) is 11.3 Å². The van der Waals surface area contributed by atoms with E-state index in [1.54, 1.807) is 24.3 Å². The van der Waals surface area contributed by atoms with Gasteiger partial charge in [-0.05, 0) is 42.0 Å². The fraction of sp³-hybridized carbons (Fsp3) is 0.190. The van der Waals surface area contributed by atoms with Gasteiger partial charge in [0.25, 0.3) is 0 Å². The van der Waals surface area contributed by atoms with Crippen LogP contribution >= 0.6 is 0 Å². The van der Waals surface area contributed by atoms with Gasteiger partial charge in [-0.15, -0.1) is 0 Å². The van der Waals surface area contributed by atoms with E-state index in [-0.39, 0.29) is 24.5 Å². The second-order valence-electron chi connectivity index (χ2n) is 6.84. The summed E-state index contributed by atoms with van der Waals surface area (Å²) in [5, 5.41) is 2.31. The lowest BCUT2D eigenvalue weighted by Gasteiger charge is -2.23. The van der Waals surface area contributed by atoms with E-state index in [1.807, 2.05) is 0 Å². The third-order valence-electron chi connectivity index (χ3n) is 4.23. The molecule has 0 radical (unpaired) electrons. The van der Waals surface area contributed by atoms with Crippen LogP contribution in [0.1, 0.15) is 16.9 Å². The predicted octanol–water partition coefficient (Wildman–Crippen LogP) is 4.87. The van der Waals surface area contributed by atoms with Gasteiger partial charge in [-0.25, -0.2) is 4.79 Å². The summed E-state index contributed by atoms with van der Waals surface area (Å²) >= 11 is 0. The number of carbonyl (C=O) groups is 1. The highest BCUT2D eigenvalue weighted by Gasteiger charge is 2.34. The molecule has 3 aromatic rings. The second-order valence-corrected chi connectivity index (χ2v) is 8.42. The summed E-state index contributed by atoms with van der Waals surface area (Å²) in [6.07, 6.45) is -2.30. The minimum atomic E-state index is -4.63. The van der Waals surface area contributed by atoms with Gasteiger partial charge in [0, 0.05) is 6.54 Å². The molecule has 0 aliphatic rings. The molecule has 1 N–H and O–H groups in total.